The second kappa shape index (κ2) is 5.83. The predicted molar refractivity (Wildman–Crippen MR) is 49.3 cm³/mol. The fourth-order valence-corrected chi connectivity index (χ4v) is 1.51. The molecule has 17 heteroatoms. The van der Waals surface area contributed by atoms with E-state index in [4.69, 9.17) is 0 Å². The normalized spacial score (nSPS) is 23.7. The molecule has 1 aliphatic heterocycles. The number of alkyl halides is 12. The van der Waals surface area contributed by atoms with Crippen molar-refractivity contribution >= 4 is 0 Å². The van der Waals surface area contributed by atoms with Crippen molar-refractivity contribution < 1.29 is 75.0 Å². The van der Waals surface area contributed by atoms with Gasteiger partial charge >= 0.3 is 41.7 Å². The Labute approximate surface area is 135 Å². The monoisotopic (exact) mass is 440 g/mol. The lowest BCUT2D eigenvalue weighted by Gasteiger charge is -2.41. The van der Waals surface area contributed by atoms with Gasteiger partial charge in [-0.25, -0.2) is 8.78 Å². The first-order chi connectivity index (χ1) is 11.6. The summed E-state index contributed by atoms with van der Waals surface area (Å²) in [5, 5.41) is 0. The van der Waals surface area contributed by atoms with Crippen molar-refractivity contribution in [2.24, 2.45) is 0 Å². The lowest BCUT2D eigenvalue weighted by molar-refractivity contribution is -0.444. The van der Waals surface area contributed by atoms with Crippen LogP contribution < -0.4 is 0 Å². The molecule has 0 aromatic carbocycles. The number of halogens is 16. The molecule has 0 amide bonds. The number of allylic oxidation sites excluding steroid dienone is 2. The van der Waals surface area contributed by atoms with Gasteiger partial charge in [0.05, 0.1) is 0 Å². The quantitative estimate of drug-likeness (QED) is 0.485. The number of rotatable bonds is 4. The van der Waals surface area contributed by atoms with E-state index in [-0.39, 0.29) is 0 Å². The van der Waals surface area contributed by atoms with Crippen molar-refractivity contribution in [1.82, 2.24) is 0 Å². The second-order valence-electron chi connectivity index (χ2n) is 4.71. The minimum absolute atomic E-state index is 2.32. The van der Waals surface area contributed by atoms with Crippen LogP contribution in [0.15, 0.2) is 23.5 Å². The van der Waals surface area contributed by atoms with Crippen LogP contribution in [0.4, 0.5) is 70.2 Å². The van der Waals surface area contributed by atoms with E-state index in [0.717, 1.165) is 0 Å². The first-order valence-corrected chi connectivity index (χ1v) is 5.68. The Hall–Kier alpha value is -1.84. The van der Waals surface area contributed by atoms with Crippen molar-refractivity contribution in [3.63, 3.8) is 0 Å². The molecule has 0 saturated heterocycles. The van der Waals surface area contributed by atoms with Crippen LogP contribution >= 0.6 is 0 Å². The van der Waals surface area contributed by atoms with Gasteiger partial charge in [-0.05, 0) is 0 Å². The van der Waals surface area contributed by atoms with Crippen LogP contribution in [0.2, 0.25) is 0 Å². The summed E-state index contributed by atoms with van der Waals surface area (Å²) in [6, 6.07) is -3.56. The van der Waals surface area contributed by atoms with E-state index >= 15 is 0 Å². The molecule has 0 bridgehead atoms. The molecule has 0 saturated carbocycles. The highest BCUT2D eigenvalue weighted by Gasteiger charge is 2.92. The Kier molecular flexibility index (Phi) is 5.01. The Balaban J connectivity index is 3.67. The van der Waals surface area contributed by atoms with E-state index < -0.39 is 59.2 Å². The van der Waals surface area contributed by atoms with E-state index in [1.54, 1.807) is 0 Å². The molecule has 27 heavy (non-hydrogen) atoms. The van der Waals surface area contributed by atoms with Gasteiger partial charge in [0.1, 0.15) is 0 Å². The fourth-order valence-electron chi connectivity index (χ4n) is 1.51. The molecular formula is C10F16O. The predicted octanol–water partition coefficient (Wildman–Crippen LogP) is 6.04. The van der Waals surface area contributed by atoms with Gasteiger partial charge in [0.2, 0.25) is 17.5 Å². The molecule has 0 radical (unpaired) electrons. The van der Waals surface area contributed by atoms with Crippen molar-refractivity contribution in [2.75, 3.05) is 0 Å². The van der Waals surface area contributed by atoms with Crippen molar-refractivity contribution in [3.05, 3.63) is 23.5 Å². The summed E-state index contributed by atoms with van der Waals surface area (Å²) < 4.78 is 207. The lowest BCUT2D eigenvalue weighted by atomic mass is 9.92. The second-order valence-corrected chi connectivity index (χ2v) is 4.71. The maximum Gasteiger partial charge on any atom is 0.460 e. The zero-order chi connectivity index (χ0) is 22.0. The number of hydrogen-bond acceptors (Lipinski definition) is 1. The Morgan fingerprint density at radius 2 is 1.00 bits per heavy atom. The summed E-state index contributed by atoms with van der Waals surface area (Å²) in [5.41, 5.74) is 0. The first-order valence-electron chi connectivity index (χ1n) is 5.68. The molecule has 158 valence electrons. The third-order valence-corrected chi connectivity index (χ3v) is 3.01. The maximum absolute atomic E-state index is 13.7. The number of ether oxygens (including phenoxy) is 1. The topological polar surface area (TPSA) is 9.23 Å². The molecule has 1 heterocycles. The van der Waals surface area contributed by atoms with E-state index in [0.29, 0.717) is 0 Å². The molecule has 1 atom stereocenters. The molecule has 0 aromatic heterocycles. The summed E-state index contributed by atoms with van der Waals surface area (Å²) in [6.07, 6.45) is -7.62. The van der Waals surface area contributed by atoms with Crippen LogP contribution in [0, 0.1) is 0 Å². The van der Waals surface area contributed by atoms with Crippen LogP contribution in [0.1, 0.15) is 0 Å². The average molecular weight is 440 g/mol. The molecule has 0 aromatic rings. The zero-order valence-corrected chi connectivity index (χ0v) is 11.5. The van der Waals surface area contributed by atoms with E-state index in [1.807, 2.05) is 0 Å². The van der Waals surface area contributed by atoms with E-state index in [1.165, 1.54) is 0 Å². The van der Waals surface area contributed by atoms with Crippen LogP contribution in [0.25, 0.3) is 0 Å². The standard InChI is InChI=1S/C10F16O/c11-1-2(12)4(14)27-5(15,3(1)13)6(16,17)7(18,19)8(20,21)9(22,23)10(24,25)26. The molecule has 1 unspecified atom stereocenters. The van der Waals surface area contributed by atoms with Crippen LogP contribution in [0.3, 0.4) is 0 Å². The highest BCUT2D eigenvalue weighted by atomic mass is 19.4. The molecule has 0 fully saturated rings. The zero-order valence-electron chi connectivity index (χ0n) is 11.5. The SMILES string of the molecule is FC1=C(F)C(F)=C(F)C(F)(C(F)(F)C(F)(F)C(F)(F)C(F)(F)C(F)(F)F)O1. The summed E-state index contributed by atoms with van der Waals surface area (Å²) >= 11 is 0. The highest BCUT2D eigenvalue weighted by molar-refractivity contribution is 5.33. The van der Waals surface area contributed by atoms with Gasteiger partial charge in [-0.1, -0.05) is 0 Å². The fraction of sp³-hybridized carbons (Fsp3) is 0.600. The van der Waals surface area contributed by atoms with Gasteiger partial charge in [-0.3, -0.25) is 0 Å². The Bertz CT molecular complexity index is 684. The minimum Gasteiger partial charge on any atom is -0.419 e. The van der Waals surface area contributed by atoms with E-state index in [2.05, 4.69) is 4.74 Å². The summed E-state index contributed by atoms with van der Waals surface area (Å²) in [5.74, 6) is -50.1. The Morgan fingerprint density at radius 1 is 0.593 bits per heavy atom. The minimum atomic E-state index is -8.21. The van der Waals surface area contributed by atoms with Gasteiger partial charge in [0, 0.05) is 0 Å². The van der Waals surface area contributed by atoms with Crippen LogP contribution in [0.5, 0.6) is 0 Å². The van der Waals surface area contributed by atoms with Gasteiger partial charge < -0.3 is 4.74 Å². The van der Waals surface area contributed by atoms with Gasteiger partial charge in [0.15, 0.2) is 0 Å². The van der Waals surface area contributed by atoms with Gasteiger partial charge in [-0.15, -0.1) is 0 Å². The molecule has 1 nitrogen and oxygen atoms in total. The number of hydrogen-bond donors (Lipinski definition) is 0. The van der Waals surface area contributed by atoms with Crippen molar-refractivity contribution in [2.45, 2.75) is 35.7 Å². The van der Waals surface area contributed by atoms with Gasteiger partial charge in [0.25, 0.3) is 0 Å². The third kappa shape index (κ3) is 2.71. The van der Waals surface area contributed by atoms with E-state index in [9.17, 15) is 70.2 Å². The molecule has 0 aliphatic carbocycles. The summed E-state index contributed by atoms with van der Waals surface area (Å²) in [4.78, 5) is 0. The molecule has 0 N–H and O–H groups in total. The smallest absolute Gasteiger partial charge is 0.419 e. The highest BCUT2D eigenvalue weighted by Crippen LogP contribution is 2.62. The largest absolute Gasteiger partial charge is 0.460 e. The third-order valence-electron chi connectivity index (χ3n) is 3.01. The average Bonchev–Trinajstić information content (AvgIpc) is 2.49. The van der Waals surface area contributed by atoms with Gasteiger partial charge in [-0.2, -0.15) is 61.5 Å². The molecule has 0 spiro atoms. The summed E-state index contributed by atoms with van der Waals surface area (Å²) in [7, 11) is 0. The Morgan fingerprint density at radius 3 is 1.37 bits per heavy atom. The summed E-state index contributed by atoms with van der Waals surface area (Å²) in [6.45, 7) is 0. The first kappa shape index (κ1) is 23.2. The van der Waals surface area contributed by atoms with Crippen LogP contribution in [-0.4, -0.2) is 35.7 Å². The maximum atomic E-state index is 13.7. The van der Waals surface area contributed by atoms with Crippen molar-refractivity contribution in [3.8, 4) is 0 Å². The van der Waals surface area contributed by atoms with Crippen LogP contribution in [-0.2, 0) is 4.74 Å². The molecular weight excluding hydrogens is 440 g/mol. The lowest BCUT2D eigenvalue weighted by Crippen LogP contribution is -2.71. The molecule has 1 rings (SSSR count). The molecule has 1 aliphatic rings. The van der Waals surface area contributed by atoms with Crippen molar-refractivity contribution in [1.29, 1.82) is 0 Å².